The van der Waals surface area contributed by atoms with Crippen LogP contribution in [0.4, 0.5) is 5.82 Å². The molecule has 2 aliphatic heterocycles. The summed E-state index contributed by atoms with van der Waals surface area (Å²) >= 11 is 0. The van der Waals surface area contributed by atoms with Crippen LogP contribution in [0.1, 0.15) is 39.5 Å². The third kappa shape index (κ3) is 3.95. The molecule has 1 aromatic heterocycles. The highest BCUT2D eigenvalue weighted by atomic mass is 16.5. The molecular formula is C17H27N3O. The number of hydrogen-bond donors (Lipinski definition) is 1. The van der Waals surface area contributed by atoms with Crippen molar-refractivity contribution < 1.29 is 4.74 Å². The van der Waals surface area contributed by atoms with Crippen molar-refractivity contribution in [2.45, 2.75) is 57.2 Å². The molecular weight excluding hydrogens is 262 g/mol. The average Bonchev–Trinajstić information content (AvgIpc) is 2.48. The molecule has 1 N–H and O–H groups in total. The molecule has 3 heterocycles. The molecule has 0 saturated carbocycles. The Morgan fingerprint density at radius 3 is 2.67 bits per heavy atom. The number of pyridine rings is 1. The SMILES string of the molecule is CC1(C)CC(NC2CCN(c3ccccn3)CC2)CCO1. The number of anilines is 1. The van der Waals surface area contributed by atoms with E-state index in [9.17, 15) is 0 Å². The van der Waals surface area contributed by atoms with E-state index in [-0.39, 0.29) is 5.60 Å². The van der Waals surface area contributed by atoms with Crippen LogP contribution >= 0.6 is 0 Å². The predicted octanol–water partition coefficient (Wildman–Crippen LogP) is 2.60. The van der Waals surface area contributed by atoms with E-state index in [2.05, 4.69) is 41.2 Å². The van der Waals surface area contributed by atoms with Crippen LogP contribution in [0.25, 0.3) is 0 Å². The highest BCUT2D eigenvalue weighted by molar-refractivity contribution is 5.38. The average molecular weight is 289 g/mol. The lowest BCUT2D eigenvalue weighted by Gasteiger charge is -2.40. The second-order valence-electron chi connectivity index (χ2n) is 6.91. The third-order valence-corrected chi connectivity index (χ3v) is 4.64. The summed E-state index contributed by atoms with van der Waals surface area (Å²) in [5.74, 6) is 1.11. The number of nitrogens with one attached hydrogen (secondary N) is 1. The zero-order chi connectivity index (χ0) is 14.7. The van der Waals surface area contributed by atoms with Gasteiger partial charge in [0.05, 0.1) is 5.60 Å². The van der Waals surface area contributed by atoms with E-state index >= 15 is 0 Å². The van der Waals surface area contributed by atoms with Gasteiger partial charge in [-0.3, -0.25) is 0 Å². The smallest absolute Gasteiger partial charge is 0.128 e. The highest BCUT2D eigenvalue weighted by Crippen LogP contribution is 2.25. The van der Waals surface area contributed by atoms with Gasteiger partial charge < -0.3 is 15.0 Å². The van der Waals surface area contributed by atoms with E-state index in [0.717, 1.165) is 38.4 Å². The van der Waals surface area contributed by atoms with Gasteiger partial charge in [0.25, 0.3) is 0 Å². The van der Waals surface area contributed by atoms with Crippen molar-refractivity contribution >= 4 is 5.82 Å². The molecule has 4 heteroatoms. The van der Waals surface area contributed by atoms with Crippen LogP contribution < -0.4 is 10.2 Å². The molecule has 0 radical (unpaired) electrons. The second kappa shape index (κ2) is 6.32. The number of nitrogens with zero attached hydrogens (tertiary/aromatic N) is 2. The number of ether oxygens (including phenoxy) is 1. The Morgan fingerprint density at radius 1 is 1.19 bits per heavy atom. The van der Waals surface area contributed by atoms with Crippen molar-refractivity contribution in [1.29, 1.82) is 0 Å². The minimum Gasteiger partial charge on any atom is -0.375 e. The van der Waals surface area contributed by atoms with Crippen molar-refractivity contribution in [3.05, 3.63) is 24.4 Å². The van der Waals surface area contributed by atoms with Crippen molar-refractivity contribution in [3.63, 3.8) is 0 Å². The fourth-order valence-corrected chi connectivity index (χ4v) is 3.52. The Morgan fingerprint density at radius 2 is 2.00 bits per heavy atom. The lowest BCUT2D eigenvalue weighted by atomic mass is 9.92. The molecule has 0 aliphatic carbocycles. The molecule has 1 atom stereocenters. The molecule has 2 saturated heterocycles. The van der Waals surface area contributed by atoms with Gasteiger partial charge >= 0.3 is 0 Å². The summed E-state index contributed by atoms with van der Waals surface area (Å²) in [6, 6.07) is 7.40. The summed E-state index contributed by atoms with van der Waals surface area (Å²) in [7, 11) is 0. The van der Waals surface area contributed by atoms with Crippen LogP contribution in [0.2, 0.25) is 0 Å². The van der Waals surface area contributed by atoms with Gasteiger partial charge in [-0.1, -0.05) is 6.07 Å². The highest BCUT2D eigenvalue weighted by Gasteiger charge is 2.30. The predicted molar refractivity (Wildman–Crippen MR) is 85.7 cm³/mol. The molecule has 21 heavy (non-hydrogen) atoms. The first kappa shape index (κ1) is 14.8. The summed E-state index contributed by atoms with van der Waals surface area (Å²) in [6.45, 7) is 7.48. The van der Waals surface area contributed by atoms with Crippen molar-refractivity contribution in [2.75, 3.05) is 24.6 Å². The van der Waals surface area contributed by atoms with Gasteiger partial charge in [-0.2, -0.15) is 0 Å². The molecule has 2 fully saturated rings. The van der Waals surface area contributed by atoms with Crippen molar-refractivity contribution in [3.8, 4) is 0 Å². The van der Waals surface area contributed by atoms with Gasteiger partial charge in [0.1, 0.15) is 5.82 Å². The fraction of sp³-hybridized carbons (Fsp3) is 0.706. The Bertz CT molecular complexity index is 441. The monoisotopic (exact) mass is 289 g/mol. The third-order valence-electron chi connectivity index (χ3n) is 4.64. The topological polar surface area (TPSA) is 37.4 Å². The molecule has 116 valence electrons. The minimum absolute atomic E-state index is 0.0323. The van der Waals surface area contributed by atoms with E-state index in [0.29, 0.717) is 12.1 Å². The van der Waals surface area contributed by atoms with Crippen LogP contribution in [0.15, 0.2) is 24.4 Å². The molecule has 2 aliphatic rings. The Hall–Kier alpha value is -1.13. The molecule has 0 spiro atoms. The normalized spacial score (nSPS) is 26.8. The van der Waals surface area contributed by atoms with Crippen LogP contribution in [0, 0.1) is 0 Å². The van der Waals surface area contributed by atoms with E-state index in [1.54, 1.807) is 0 Å². The summed E-state index contributed by atoms with van der Waals surface area (Å²) in [5, 5.41) is 3.86. The molecule has 0 bridgehead atoms. The van der Waals surface area contributed by atoms with Gasteiger partial charge in [0.15, 0.2) is 0 Å². The molecule has 3 rings (SSSR count). The largest absolute Gasteiger partial charge is 0.375 e. The molecule has 4 nitrogen and oxygen atoms in total. The first-order chi connectivity index (χ1) is 10.1. The minimum atomic E-state index is 0.0323. The summed E-state index contributed by atoms with van der Waals surface area (Å²) in [5.41, 5.74) is 0.0323. The standard InChI is InChI=1S/C17H27N3O/c1-17(2)13-15(8-12-21-17)19-14-6-10-20(11-7-14)16-5-3-4-9-18-16/h3-5,9,14-15,19H,6-8,10-13H2,1-2H3. The lowest BCUT2D eigenvalue weighted by Crippen LogP contribution is -2.50. The molecule has 0 amide bonds. The van der Waals surface area contributed by atoms with Gasteiger partial charge in [-0.25, -0.2) is 4.98 Å². The van der Waals surface area contributed by atoms with Gasteiger partial charge in [0, 0.05) is 38.0 Å². The van der Waals surface area contributed by atoms with Gasteiger partial charge in [-0.15, -0.1) is 0 Å². The second-order valence-corrected chi connectivity index (χ2v) is 6.91. The lowest BCUT2D eigenvalue weighted by molar-refractivity contribution is -0.0644. The van der Waals surface area contributed by atoms with E-state index in [1.165, 1.54) is 12.8 Å². The zero-order valence-corrected chi connectivity index (χ0v) is 13.2. The number of hydrogen-bond acceptors (Lipinski definition) is 4. The van der Waals surface area contributed by atoms with Crippen LogP contribution in [0.3, 0.4) is 0 Å². The van der Waals surface area contributed by atoms with Crippen LogP contribution in [-0.2, 0) is 4.74 Å². The molecule has 1 aromatic rings. The van der Waals surface area contributed by atoms with E-state index < -0.39 is 0 Å². The molecule has 0 aromatic carbocycles. The first-order valence-corrected chi connectivity index (χ1v) is 8.18. The Labute approximate surface area is 127 Å². The van der Waals surface area contributed by atoms with Crippen molar-refractivity contribution in [2.24, 2.45) is 0 Å². The first-order valence-electron chi connectivity index (χ1n) is 8.18. The summed E-state index contributed by atoms with van der Waals surface area (Å²) in [4.78, 5) is 6.85. The Balaban J connectivity index is 1.48. The molecule has 1 unspecified atom stereocenters. The maximum atomic E-state index is 5.80. The maximum Gasteiger partial charge on any atom is 0.128 e. The van der Waals surface area contributed by atoms with Gasteiger partial charge in [0.2, 0.25) is 0 Å². The quantitative estimate of drug-likeness (QED) is 0.928. The Kier molecular flexibility index (Phi) is 4.45. The van der Waals surface area contributed by atoms with Gasteiger partial charge in [-0.05, 0) is 51.7 Å². The van der Waals surface area contributed by atoms with Crippen molar-refractivity contribution in [1.82, 2.24) is 10.3 Å². The fourth-order valence-electron chi connectivity index (χ4n) is 3.52. The van der Waals surface area contributed by atoms with E-state index in [4.69, 9.17) is 4.74 Å². The number of aromatic nitrogens is 1. The zero-order valence-electron chi connectivity index (χ0n) is 13.2. The van der Waals surface area contributed by atoms with Crippen LogP contribution in [-0.4, -0.2) is 42.4 Å². The summed E-state index contributed by atoms with van der Waals surface area (Å²) in [6.07, 6.45) is 6.55. The summed E-state index contributed by atoms with van der Waals surface area (Å²) < 4.78 is 5.80. The van der Waals surface area contributed by atoms with Crippen LogP contribution in [0.5, 0.6) is 0 Å². The number of rotatable bonds is 3. The number of piperidine rings is 1. The van der Waals surface area contributed by atoms with E-state index in [1.807, 2.05) is 12.3 Å². The maximum absolute atomic E-state index is 5.80.